The zero-order valence-corrected chi connectivity index (χ0v) is 9.61. The van der Waals surface area contributed by atoms with Gasteiger partial charge in [-0.05, 0) is 23.3 Å². The lowest BCUT2D eigenvalue weighted by Crippen LogP contribution is -2.09. The van der Waals surface area contributed by atoms with Gasteiger partial charge in [-0.3, -0.25) is 0 Å². The lowest BCUT2D eigenvalue weighted by molar-refractivity contribution is 0.819. The maximum Gasteiger partial charge on any atom is 0.0521 e. The minimum atomic E-state index is 0.777. The Balaban J connectivity index is 1.85. The Hall–Kier alpha value is -1.31. The first kappa shape index (κ1) is 11.2. The molecule has 1 N–H and O–H groups in total. The van der Waals surface area contributed by atoms with Crippen molar-refractivity contribution >= 4 is 11.6 Å². The number of rotatable bonds is 4. The second-order valence-electron chi connectivity index (χ2n) is 3.57. The van der Waals surface area contributed by atoms with Crippen molar-refractivity contribution in [2.24, 2.45) is 0 Å². The quantitative estimate of drug-likeness (QED) is 0.846. The first-order valence-corrected chi connectivity index (χ1v) is 5.58. The third-order valence-electron chi connectivity index (χ3n) is 2.26. The molecule has 0 amide bonds. The Kier molecular flexibility index (Phi) is 3.97. The van der Waals surface area contributed by atoms with Crippen LogP contribution in [0.1, 0.15) is 11.1 Å². The van der Waals surface area contributed by atoms with Gasteiger partial charge in [0.05, 0.1) is 6.54 Å². The van der Waals surface area contributed by atoms with Crippen LogP contribution in [0.3, 0.4) is 0 Å². The van der Waals surface area contributed by atoms with Crippen LogP contribution in [-0.4, -0.2) is 0 Å². The van der Waals surface area contributed by atoms with Gasteiger partial charge in [0.1, 0.15) is 0 Å². The third-order valence-corrected chi connectivity index (χ3v) is 2.50. The van der Waals surface area contributed by atoms with Crippen molar-refractivity contribution in [2.45, 2.75) is 6.54 Å². The van der Waals surface area contributed by atoms with E-state index in [9.17, 15) is 0 Å². The number of nitrogens with one attached hydrogen (secondary N) is 1. The van der Waals surface area contributed by atoms with E-state index in [4.69, 9.17) is 11.6 Å². The monoisotopic (exact) mass is 230 g/mol. The molecule has 0 saturated carbocycles. The van der Waals surface area contributed by atoms with Crippen LogP contribution in [0, 0.1) is 6.54 Å². The van der Waals surface area contributed by atoms with Gasteiger partial charge in [0.2, 0.25) is 0 Å². The standard InChI is InChI=1S/C14H13ClN/c15-14-8-4-7-13(9-14)11-16-10-12-5-2-1-3-6-12/h1-10,16H,11H2. The maximum atomic E-state index is 5.90. The summed E-state index contributed by atoms with van der Waals surface area (Å²) in [6, 6.07) is 18.0. The Morgan fingerprint density at radius 1 is 1.00 bits per heavy atom. The molecule has 81 valence electrons. The SMILES string of the molecule is Clc1cccc(CN[CH]c2ccccc2)c1. The van der Waals surface area contributed by atoms with Crippen molar-refractivity contribution in [2.75, 3.05) is 0 Å². The summed E-state index contributed by atoms with van der Waals surface area (Å²) in [4.78, 5) is 0. The first-order chi connectivity index (χ1) is 7.84. The van der Waals surface area contributed by atoms with Crippen LogP contribution < -0.4 is 5.32 Å². The van der Waals surface area contributed by atoms with Gasteiger partial charge in [0.15, 0.2) is 0 Å². The Morgan fingerprint density at radius 3 is 2.56 bits per heavy atom. The molecule has 0 heterocycles. The van der Waals surface area contributed by atoms with E-state index < -0.39 is 0 Å². The van der Waals surface area contributed by atoms with E-state index in [1.165, 1.54) is 11.1 Å². The molecule has 0 fully saturated rings. The Morgan fingerprint density at radius 2 is 1.81 bits per heavy atom. The second kappa shape index (κ2) is 5.69. The van der Waals surface area contributed by atoms with Gasteiger partial charge in [-0.2, -0.15) is 0 Å². The normalized spacial score (nSPS) is 10.3. The fraction of sp³-hybridized carbons (Fsp3) is 0.0714. The van der Waals surface area contributed by atoms with Crippen LogP contribution in [0.4, 0.5) is 0 Å². The highest BCUT2D eigenvalue weighted by Crippen LogP contribution is 2.10. The van der Waals surface area contributed by atoms with E-state index in [-0.39, 0.29) is 0 Å². The second-order valence-corrected chi connectivity index (χ2v) is 4.00. The number of halogens is 1. The van der Waals surface area contributed by atoms with Crippen LogP contribution in [0.2, 0.25) is 5.02 Å². The van der Waals surface area contributed by atoms with Gasteiger partial charge in [-0.15, -0.1) is 0 Å². The molecule has 0 bridgehead atoms. The lowest BCUT2D eigenvalue weighted by Gasteiger charge is -2.04. The number of hydrogen-bond acceptors (Lipinski definition) is 1. The van der Waals surface area contributed by atoms with Crippen molar-refractivity contribution in [3.05, 3.63) is 77.3 Å². The van der Waals surface area contributed by atoms with Crippen molar-refractivity contribution in [3.8, 4) is 0 Å². The number of hydrogen-bond donors (Lipinski definition) is 1. The van der Waals surface area contributed by atoms with Crippen LogP contribution in [0.25, 0.3) is 0 Å². The summed E-state index contributed by atoms with van der Waals surface area (Å²) in [5.41, 5.74) is 2.35. The fourth-order valence-electron chi connectivity index (χ4n) is 1.48. The molecule has 0 saturated heterocycles. The zero-order chi connectivity index (χ0) is 11.2. The van der Waals surface area contributed by atoms with Crippen molar-refractivity contribution in [1.29, 1.82) is 0 Å². The highest BCUT2D eigenvalue weighted by molar-refractivity contribution is 6.30. The molecular weight excluding hydrogens is 218 g/mol. The van der Waals surface area contributed by atoms with Crippen molar-refractivity contribution in [3.63, 3.8) is 0 Å². The minimum absolute atomic E-state index is 0.777. The average Bonchev–Trinajstić information content (AvgIpc) is 2.30. The van der Waals surface area contributed by atoms with Crippen LogP contribution in [0.15, 0.2) is 54.6 Å². The molecule has 0 unspecified atom stereocenters. The summed E-state index contributed by atoms with van der Waals surface area (Å²) in [6.45, 7) is 2.79. The molecule has 16 heavy (non-hydrogen) atoms. The summed E-state index contributed by atoms with van der Waals surface area (Å²) >= 11 is 5.90. The van der Waals surface area contributed by atoms with Gasteiger partial charge in [0, 0.05) is 11.6 Å². The summed E-state index contributed by atoms with van der Waals surface area (Å²) in [5.74, 6) is 0. The topological polar surface area (TPSA) is 12.0 Å². The van der Waals surface area contributed by atoms with Crippen LogP contribution in [-0.2, 0) is 6.54 Å². The molecule has 0 spiro atoms. The van der Waals surface area contributed by atoms with E-state index in [1.807, 2.05) is 42.9 Å². The van der Waals surface area contributed by atoms with Gasteiger partial charge in [-0.1, -0.05) is 54.1 Å². The first-order valence-electron chi connectivity index (χ1n) is 5.21. The minimum Gasteiger partial charge on any atom is -0.304 e. The summed E-state index contributed by atoms with van der Waals surface area (Å²) in [6.07, 6.45) is 0. The van der Waals surface area contributed by atoms with E-state index in [0.29, 0.717) is 0 Å². The predicted molar refractivity (Wildman–Crippen MR) is 68.1 cm³/mol. The van der Waals surface area contributed by atoms with Crippen molar-refractivity contribution < 1.29 is 0 Å². The average molecular weight is 231 g/mol. The van der Waals surface area contributed by atoms with Crippen molar-refractivity contribution in [1.82, 2.24) is 5.32 Å². The molecule has 2 heteroatoms. The molecule has 2 aromatic rings. The van der Waals surface area contributed by atoms with E-state index in [1.54, 1.807) is 0 Å². The summed E-state index contributed by atoms with van der Waals surface area (Å²) in [7, 11) is 0. The maximum absolute atomic E-state index is 5.90. The zero-order valence-electron chi connectivity index (χ0n) is 8.86. The predicted octanol–water partition coefficient (Wildman–Crippen LogP) is 3.64. The molecule has 0 aromatic heterocycles. The third kappa shape index (κ3) is 3.37. The van der Waals surface area contributed by atoms with E-state index in [0.717, 1.165) is 11.6 Å². The molecule has 0 aliphatic carbocycles. The van der Waals surface area contributed by atoms with Gasteiger partial charge in [-0.25, -0.2) is 0 Å². The molecule has 0 atom stereocenters. The van der Waals surface area contributed by atoms with Gasteiger partial charge in [0.25, 0.3) is 0 Å². The molecule has 2 rings (SSSR count). The molecule has 1 nitrogen and oxygen atoms in total. The molecule has 1 radical (unpaired) electrons. The number of benzene rings is 2. The highest BCUT2D eigenvalue weighted by atomic mass is 35.5. The lowest BCUT2D eigenvalue weighted by atomic mass is 10.2. The molecule has 0 aliphatic heterocycles. The van der Waals surface area contributed by atoms with Gasteiger partial charge < -0.3 is 5.32 Å². The smallest absolute Gasteiger partial charge is 0.0521 e. The molecule has 2 aromatic carbocycles. The molecule has 0 aliphatic rings. The molecular formula is C14H13ClN. The highest BCUT2D eigenvalue weighted by Gasteiger charge is 1.95. The van der Waals surface area contributed by atoms with Crippen LogP contribution in [0.5, 0.6) is 0 Å². The summed E-state index contributed by atoms with van der Waals surface area (Å²) < 4.78 is 0. The Bertz CT molecular complexity index is 439. The summed E-state index contributed by atoms with van der Waals surface area (Å²) in [5, 5.41) is 4.04. The van der Waals surface area contributed by atoms with Gasteiger partial charge >= 0.3 is 0 Å². The fourth-order valence-corrected chi connectivity index (χ4v) is 1.70. The van der Waals surface area contributed by atoms with E-state index in [2.05, 4.69) is 23.5 Å². The Labute approximate surface area is 101 Å². The van der Waals surface area contributed by atoms with Crippen LogP contribution >= 0.6 is 11.6 Å². The van der Waals surface area contributed by atoms with E-state index >= 15 is 0 Å². The largest absolute Gasteiger partial charge is 0.304 e.